The molecule has 1 aromatic carbocycles. The van der Waals surface area contributed by atoms with Gasteiger partial charge in [0.15, 0.2) is 0 Å². The lowest BCUT2D eigenvalue weighted by atomic mass is 10.1. The van der Waals surface area contributed by atoms with Gasteiger partial charge < -0.3 is 5.73 Å². The van der Waals surface area contributed by atoms with E-state index in [0.29, 0.717) is 5.56 Å². The number of rotatable bonds is 1. The monoisotopic (exact) mass is 201 g/mol. The molecule has 0 saturated heterocycles. The topological polar surface area (TPSA) is 26.0 Å². The molecular weight excluding hydrogens is 191 g/mol. The van der Waals surface area contributed by atoms with Crippen molar-refractivity contribution in [3.8, 4) is 0 Å². The standard InChI is InChI=1S/C10H10F3N/c11-10(12,13)7-3-1-2-6(4-7)8-5-9(8)14/h1-4,8-9H,5,14H2/t8?,9-/m1/s1. The molecule has 1 unspecified atom stereocenters. The van der Waals surface area contributed by atoms with Gasteiger partial charge in [0, 0.05) is 12.0 Å². The van der Waals surface area contributed by atoms with Crippen LogP contribution in [0, 0.1) is 0 Å². The lowest BCUT2D eigenvalue weighted by Crippen LogP contribution is -2.06. The van der Waals surface area contributed by atoms with E-state index in [0.717, 1.165) is 12.5 Å². The highest BCUT2D eigenvalue weighted by molar-refractivity contribution is 5.32. The van der Waals surface area contributed by atoms with E-state index < -0.39 is 11.7 Å². The average Bonchev–Trinajstić information content (AvgIpc) is 2.82. The predicted octanol–water partition coefficient (Wildman–Crippen LogP) is 2.52. The highest BCUT2D eigenvalue weighted by atomic mass is 19.4. The fourth-order valence-corrected chi connectivity index (χ4v) is 1.54. The molecule has 2 atom stereocenters. The molecule has 0 bridgehead atoms. The minimum absolute atomic E-state index is 0.0403. The molecule has 0 amide bonds. The van der Waals surface area contributed by atoms with Gasteiger partial charge in [-0.15, -0.1) is 0 Å². The first-order chi connectivity index (χ1) is 6.48. The van der Waals surface area contributed by atoms with Gasteiger partial charge >= 0.3 is 6.18 Å². The Morgan fingerprint density at radius 3 is 2.43 bits per heavy atom. The van der Waals surface area contributed by atoms with E-state index in [4.69, 9.17) is 5.73 Å². The Morgan fingerprint density at radius 2 is 1.93 bits per heavy atom. The molecule has 1 aliphatic rings. The first kappa shape index (κ1) is 9.52. The van der Waals surface area contributed by atoms with Gasteiger partial charge in [0.1, 0.15) is 0 Å². The summed E-state index contributed by atoms with van der Waals surface area (Å²) in [6.07, 6.45) is -3.46. The lowest BCUT2D eigenvalue weighted by molar-refractivity contribution is -0.137. The maximum atomic E-state index is 12.3. The van der Waals surface area contributed by atoms with Crippen molar-refractivity contribution in [2.75, 3.05) is 0 Å². The first-order valence-electron chi connectivity index (χ1n) is 4.41. The second kappa shape index (κ2) is 2.98. The SMILES string of the molecule is N[C@@H]1CC1c1cccc(C(F)(F)F)c1. The summed E-state index contributed by atoms with van der Waals surface area (Å²) in [7, 11) is 0. The predicted molar refractivity (Wildman–Crippen MR) is 46.8 cm³/mol. The Morgan fingerprint density at radius 1 is 1.29 bits per heavy atom. The zero-order chi connectivity index (χ0) is 10.3. The van der Waals surface area contributed by atoms with Crippen molar-refractivity contribution in [1.29, 1.82) is 0 Å². The summed E-state index contributed by atoms with van der Waals surface area (Å²) in [6, 6.07) is 5.45. The number of hydrogen-bond donors (Lipinski definition) is 1. The smallest absolute Gasteiger partial charge is 0.327 e. The van der Waals surface area contributed by atoms with Crippen molar-refractivity contribution < 1.29 is 13.2 Å². The van der Waals surface area contributed by atoms with Crippen LogP contribution in [-0.2, 0) is 6.18 Å². The summed E-state index contributed by atoms with van der Waals surface area (Å²) < 4.78 is 37.0. The van der Waals surface area contributed by atoms with Crippen LogP contribution in [0.3, 0.4) is 0 Å². The summed E-state index contributed by atoms with van der Waals surface area (Å²) in [6.45, 7) is 0. The van der Waals surface area contributed by atoms with Crippen molar-refractivity contribution in [2.24, 2.45) is 5.73 Å². The third kappa shape index (κ3) is 1.75. The zero-order valence-electron chi connectivity index (χ0n) is 7.38. The molecule has 76 valence electrons. The fraction of sp³-hybridized carbons (Fsp3) is 0.400. The molecule has 4 heteroatoms. The zero-order valence-corrected chi connectivity index (χ0v) is 7.38. The Balaban J connectivity index is 2.28. The second-order valence-electron chi connectivity index (χ2n) is 3.63. The van der Waals surface area contributed by atoms with E-state index in [2.05, 4.69) is 0 Å². The van der Waals surface area contributed by atoms with Crippen LogP contribution in [-0.4, -0.2) is 6.04 Å². The molecule has 0 aliphatic heterocycles. The van der Waals surface area contributed by atoms with Crippen LogP contribution in [0.15, 0.2) is 24.3 Å². The van der Waals surface area contributed by atoms with Crippen molar-refractivity contribution >= 4 is 0 Å². The van der Waals surface area contributed by atoms with Crippen LogP contribution in [0.2, 0.25) is 0 Å². The van der Waals surface area contributed by atoms with E-state index in [1.165, 1.54) is 12.1 Å². The molecule has 14 heavy (non-hydrogen) atoms. The summed E-state index contributed by atoms with van der Waals surface area (Å²) in [4.78, 5) is 0. The molecule has 1 saturated carbocycles. The fourth-order valence-electron chi connectivity index (χ4n) is 1.54. The maximum Gasteiger partial charge on any atom is 0.416 e. The molecule has 2 rings (SSSR count). The van der Waals surface area contributed by atoms with Gasteiger partial charge in [0.05, 0.1) is 5.56 Å². The molecule has 2 N–H and O–H groups in total. The van der Waals surface area contributed by atoms with Crippen molar-refractivity contribution in [1.82, 2.24) is 0 Å². The van der Waals surface area contributed by atoms with E-state index in [9.17, 15) is 13.2 Å². The van der Waals surface area contributed by atoms with Gasteiger partial charge in [0.25, 0.3) is 0 Å². The van der Waals surface area contributed by atoms with Crippen LogP contribution in [0.1, 0.15) is 23.5 Å². The minimum Gasteiger partial charge on any atom is -0.327 e. The number of halogens is 3. The van der Waals surface area contributed by atoms with Gasteiger partial charge in [0.2, 0.25) is 0 Å². The third-order valence-corrected chi connectivity index (χ3v) is 2.48. The minimum atomic E-state index is -4.25. The molecule has 0 radical (unpaired) electrons. The van der Waals surface area contributed by atoms with E-state index in [1.807, 2.05) is 0 Å². The summed E-state index contributed by atoms with van der Waals surface area (Å²) in [5.41, 5.74) is 5.69. The lowest BCUT2D eigenvalue weighted by Gasteiger charge is -2.07. The van der Waals surface area contributed by atoms with Crippen LogP contribution in [0.5, 0.6) is 0 Å². The quantitative estimate of drug-likeness (QED) is 0.742. The number of benzene rings is 1. The molecule has 1 fully saturated rings. The molecule has 0 heterocycles. The molecule has 1 aliphatic carbocycles. The number of alkyl halides is 3. The summed E-state index contributed by atoms with van der Waals surface area (Å²) in [5.74, 6) is 0.122. The van der Waals surface area contributed by atoms with Crippen LogP contribution < -0.4 is 5.73 Å². The normalized spacial score (nSPS) is 26.3. The number of nitrogens with two attached hydrogens (primary N) is 1. The molecule has 0 spiro atoms. The molecule has 0 aromatic heterocycles. The van der Waals surface area contributed by atoms with Gasteiger partial charge in [-0.1, -0.05) is 18.2 Å². The Hall–Kier alpha value is -1.03. The van der Waals surface area contributed by atoms with E-state index >= 15 is 0 Å². The maximum absolute atomic E-state index is 12.3. The Bertz CT molecular complexity index is 345. The van der Waals surface area contributed by atoms with Gasteiger partial charge in [-0.3, -0.25) is 0 Å². The summed E-state index contributed by atoms with van der Waals surface area (Å²) in [5, 5.41) is 0. The van der Waals surface area contributed by atoms with Crippen molar-refractivity contribution in [3.05, 3.63) is 35.4 Å². The molecule has 1 aromatic rings. The van der Waals surface area contributed by atoms with E-state index in [-0.39, 0.29) is 12.0 Å². The van der Waals surface area contributed by atoms with Gasteiger partial charge in [-0.2, -0.15) is 13.2 Å². The third-order valence-electron chi connectivity index (χ3n) is 2.48. The molecular formula is C10H10F3N. The highest BCUT2D eigenvalue weighted by Crippen LogP contribution is 2.40. The highest BCUT2D eigenvalue weighted by Gasteiger charge is 2.37. The first-order valence-corrected chi connectivity index (χ1v) is 4.41. The van der Waals surface area contributed by atoms with Gasteiger partial charge in [-0.05, 0) is 18.1 Å². The van der Waals surface area contributed by atoms with Crippen LogP contribution >= 0.6 is 0 Å². The average molecular weight is 201 g/mol. The van der Waals surface area contributed by atoms with Crippen molar-refractivity contribution in [2.45, 2.75) is 24.6 Å². The Kier molecular flexibility index (Phi) is 2.03. The largest absolute Gasteiger partial charge is 0.416 e. The van der Waals surface area contributed by atoms with Crippen LogP contribution in [0.4, 0.5) is 13.2 Å². The number of hydrogen-bond acceptors (Lipinski definition) is 1. The van der Waals surface area contributed by atoms with Gasteiger partial charge in [-0.25, -0.2) is 0 Å². The van der Waals surface area contributed by atoms with E-state index in [1.54, 1.807) is 6.07 Å². The second-order valence-corrected chi connectivity index (χ2v) is 3.63. The Labute approximate surface area is 79.7 Å². The van der Waals surface area contributed by atoms with Crippen LogP contribution in [0.25, 0.3) is 0 Å². The molecule has 1 nitrogen and oxygen atoms in total. The van der Waals surface area contributed by atoms with Crippen molar-refractivity contribution in [3.63, 3.8) is 0 Å². The summed E-state index contributed by atoms with van der Waals surface area (Å²) >= 11 is 0.